The minimum Gasteiger partial charge on any atom is -0.332 e. The zero-order valence-electron chi connectivity index (χ0n) is 22.2. The molecular weight excluding hydrogens is 434 g/mol. The van der Waals surface area contributed by atoms with Gasteiger partial charge in [-0.1, -0.05) is 67.8 Å². The number of nitrogens with zero attached hydrogens (tertiary/aromatic N) is 1. The van der Waals surface area contributed by atoms with E-state index in [-0.39, 0.29) is 5.54 Å². The van der Waals surface area contributed by atoms with E-state index in [2.05, 4.69) is 84.7 Å². The van der Waals surface area contributed by atoms with Gasteiger partial charge in [0.05, 0.1) is 5.54 Å². The van der Waals surface area contributed by atoms with Crippen LogP contribution in [-0.2, 0) is 5.41 Å². The lowest BCUT2D eigenvalue weighted by molar-refractivity contribution is -0.00518. The van der Waals surface area contributed by atoms with Crippen LogP contribution < -0.4 is 4.90 Å². The molecule has 0 saturated heterocycles. The second-order valence-corrected chi connectivity index (χ2v) is 13.4. The Morgan fingerprint density at radius 1 is 0.694 bits per heavy atom. The first-order chi connectivity index (χ1) is 17.6. The fourth-order valence-corrected chi connectivity index (χ4v) is 9.38. The molecule has 0 N–H and O–H groups in total. The Balaban J connectivity index is 1.21. The lowest BCUT2D eigenvalue weighted by atomic mass is 9.48. The summed E-state index contributed by atoms with van der Waals surface area (Å²) < 4.78 is 0. The van der Waals surface area contributed by atoms with Gasteiger partial charge in [0.25, 0.3) is 0 Å². The van der Waals surface area contributed by atoms with Crippen molar-refractivity contribution in [1.29, 1.82) is 0 Å². The Morgan fingerprint density at radius 2 is 1.28 bits per heavy atom. The smallest absolute Gasteiger partial charge is 0.0642 e. The third-order valence-electron chi connectivity index (χ3n) is 10.7. The summed E-state index contributed by atoms with van der Waals surface area (Å²) in [5.74, 6) is 3.74. The predicted molar refractivity (Wildman–Crippen MR) is 152 cm³/mol. The van der Waals surface area contributed by atoms with Crippen LogP contribution in [0.3, 0.4) is 0 Å². The molecule has 2 aromatic carbocycles. The quantitative estimate of drug-likeness (QED) is 0.414. The fourth-order valence-electron chi connectivity index (χ4n) is 9.38. The molecule has 1 atom stereocenters. The molecule has 36 heavy (non-hydrogen) atoms. The zero-order valence-corrected chi connectivity index (χ0v) is 22.2. The summed E-state index contributed by atoms with van der Waals surface area (Å²) in [6.45, 7) is 2.40. The summed E-state index contributed by atoms with van der Waals surface area (Å²) in [5, 5.41) is 0. The van der Waals surface area contributed by atoms with Crippen molar-refractivity contribution < 1.29 is 0 Å². The monoisotopic (exact) mass is 477 g/mol. The highest BCUT2D eigenvalue weighted by atomic mass is 15.2. The third-order valence-corrected chi connectivity index (χ3v) is 10.7. The Hall–Kier alpha value is -2.28. The second kappa shape index (κ2) is 8.93. The van der Waals surface area contributed by atoms with Crippen LogP contribution in [0.1, 0.15) is 101 Å². The van der Waals surface area contributed by atoms with Crippen molar-refractivity contribution in [3.8, 4) is 0 Å². The van der Waals surface area contributed by atoms with Crippen LogP contribution in [0, 0.1) is 17.8 Å². The molecule has 8 rings (SSSR count). The molecule has 0 aromatic heterocycles. The highest BCUT2D eigenvalue weighted by Gasteiger charge is 2.51. The van der Waals surface area contributed by atoms with Crippen molar-refractivity contribution in [3.63, 3.8) is 0 Å². The van der Waals surface area contributed by atoms with Gasteiger partial charge < -0.3 is 4.90 Å². The van der Waals surface area contributed by atoms with Gasteiger partial charge >= 0.3 is 0 Å². The number of rotatable bonds is 5. The molecule has 2 aromatic rings. The van der Waals surface area contributed by atoms with Crippen LogP contribution in [0.25, 0.3) is 0 Å². The number of allylic oxidation sites excluding steroid dienone is 2. The van der Waals surface area contributed by atoms with Gasteiger partial charge in [0.15, 0.2) is 0 Å². The van der Waals surface area contributed by atoms with E-state index in [1.807, 2.05) is 0 Å². The first kappa shape index (κ1) is 22.9. The van der Waals surface area contributed by atoms with E-state index in [0.29, 0.717) is 5.41 Å². The topological polar surface area (TPSA) is 3.24 Å². The van der Waals surface area contributed by atoms with E-state index in [0.717, 1.165) is 30.1 Å². The Labute approximate surface area is 218 Å². The number of hydrogen-bond acceptors (Lipinski definition) is 1. The van der Waals surface area contributed by atoms with Gasteiger partial charge in [-0.25, -0.2) is 0 Å². The summed E-state index contributed by atoms with van der Waals surface area (Å²) >= 11 is 0. The first-order valence-corrected chi connectivity index (χ1v) is 15.0. The molecule has 0 heterocycles. The summed E-state index contributed by atoms with van der Waals surface area (Å²) in [6, 6.07) is 19.6. The van der Waals surface area contributed by atoms with Crippen molar-refractivity contribution in [2.75, 3.05) is 4.90 Å². The fraction of sp³-hybridized carbons (Fsp3) is 0.543. The average Bonchev–Trinajstić information content (AvgIpc) is 2.90. The minimum atomic E-state index is -0.0523. The largest absolute Gasteiger partial charge is 0.332 e. The molecule has 1 heteroatoms. The lowest BCUT2D eigenvalue weighted by Crippen LogP contribution is -2.48. The number of anilines is 2. The first-order valence-electron chi connectivity index (χ1n) is 15.0. The van der Waals surface area contributed by atoms with Crippen LogP contribution in [0.5, 0.6) is 0 Å². The van der Waals surface area contributed by atoms with Crippen molar-refractivity contribution >= 4 is 11.4 Å². The highest BCUT2D eigenvalue weighted by molar-refractivity contribution is 5.68. The summed E-state index contributed by atoms with van der Waals surface area (Å²) in [6.07, 6.45) is 26.0. The third kappa shape index (κ3) is 3.98. The molecule has 188 valence electrons. The minimum absolute atomic E-state index is 0.0523. The molecule has 1 unspecified atom stereocenters. The maximum Gasteiger partial charge on any atom is 0.0642 e. The molecule has 6 aliphatic rings. The summed E-state index contributed by atoms with van der Waals surface area (Å²) in [5.41, 5.74) is 6.23. The molecule has 4 bridgehead atoms. The normalized spacial score (nSPS) is 35.3. The molecule has 1 nitrogen and oxygen atoms in total. The van der Waals surface area contributed by atoms with Gasteiger partial charge in [-0.2, -0.15) is 0 Å². The van der Waals surface area contributed by atoms with Gasteiger partial charge in [-0.05, 0) is 129 Å². The molecule has 0 aliphatic heterocycles. The molecule has 0 amide bonds. The van der Waals surface area contributed by atoms with Gasteiger partial charge in [0.1, 0.15) is 0 Å². The van der Waals surface area contributed by atoms with Gasteiger partial charge in [-0.15, -0.1) is 0 Å². The SMILES string of the molecule is CC1(N(c2ccc(C3CCCCC3)cc2)c2ccc(C34CC5CC(CC(C5)C3)C4)cc2)C=CC=CC1. The number of hydrogen-bond donors (Lipinski definition) is 0. The maximum atomic E-state index is 2.60. The number of benzene rings is 2. The second-order valence-electron chi connectivity index (χ2n) is 13.4. The van der Waals surface area contributed by atoms with Crippen LogP contribution in [0.2, 0.25) is 0 Å². The molecular formula is C35H43N. The average molecular weight is 478 g/mol. The summed E-state index contributed by atoms with van der Waals surface area (Å²) in [4.78, 5) is 2.60. The van der Waals surface area contributed by atoms with E-state index in [9.17, 15) is 0 Å². The van der Waals surface area contributed by atoms with Crippen molar-refractivity contribution in [3.05, 3.63) is 84.0 Å². The molecule has 5 fully saturated rings. The van der Waals surface area contributed by atoms with E-state index in [1.165, 1.54) is 82.0 Å². The van der Waals surface area contributed by atoms with Crippen LogP contribution in [0.15, 0.2) is 72.8 Å². The van der Waals surface area contributed by atoms with Crippen LogP contribution in [0.4, 0.5) is 11.4 Å². The Bertz CT molecular complexity index is 1090. The summed E-state index contributed by atoms with van der Waals surface area (Å²) in [7, 11) is 0. The van der Waals surface area contributed by atoms with Crippen molar-refractivity contribution in [2.45, 2.75) is 101 Å². The van der Waals surface area contributed by atoms with E-state index in [1.54, 1.807) is 11.1 Å². The molecule has 5 saturated carbocycles. The maximum absolute atomic E-state index is 2.60. The molecule has 0 spiro atoms. The van der Waals surface area contributed by atoms with E-state index < -0.39 is 0 Å². The van der Waals surface area contributed by atoms with Crippen LogP contribution in [-0.4, -0.2) is 5.54 Å². The van der Waals surface area contributed by atoms with E-state index in [4.69, 9.17) is 0 Å². The van der Waals surface area contributed by atoms with Gasteiger partial charge in [0.2, 0.25) is 0 Å². The van der Waals surface area contributed by atoms with E-state index >= 15 is 0 Å². The molecule has 0 radical (unpaired) electrons. The predicted octanol–water partition coefficient (Wildman–Crippen LogP) is 9.61. The standard InChI is InChI=1S/C35H43N/c1-34(18-6-3-7-19-34)36(32-14-10-30(11-15-32)29-8-4-2-5-9-29)33-16-12-31(13-17-33)35-23-26-20-27(24-35)22-28(21-26)25-35/h3,6-7,10-18,26-29H,2,4-5,8-9,19-25H2,1H3. The Kier molecular flexibility index (Phi) is 5.68. The molecule has 6 aliphatic carbocycles. The van der Waals surface area contributed by atoms with Gasteiger partial charge in [0, 0.05) is 11.4 Å². The van der Waals surface area contributed by atoms with Crippen molar-refractivity contribution in [1.82, 2.24) is 0 Å². The zero-order chi connectivity index (χ0) is 24.2. The lowest BCUT2D eigenvalue weighted by Gasteiger charge is -2.57. The van der Waals surface area contributed by atoms with Crippen LogP contribution >= 0.6 is 0 Å². The highest BCUT2D eigenvalue weighted by Crippen LogP contribution is 2.60. The Morgan fingerprint density at radius 3 is 1.83 bits per heavy atom. The van der Waals surface area contributed by atoms with Crippen molar-refractivity contribution in [2.24, 2.45) is 17.8 Å². The van der Waals surface area contributed by atoms with Gasteiger partial charge in [-0.3, -0.25) is 0 Å².